The van der Waals surface area contributed by atoms with Crippen LogP contribution in [0.15, 0.2) is 0 Å². The summed E-state index contributed by atoms with van der Waals surface area (Å²) in [5.41, 5.74) is 0. The van der Waals surface area contributed by atoms with Crippen molar-refractivity contribution in [1.82, 2.24) is 0 Å². The van der Waals surface area contributed by atoms with Gasteiger partial charge in [0.1, 0.15) is 0 Å². The summed E-state index contributed by atoms with van der Waals surface area (Å²) in [5.74, 6) is 0. The zero-order valence-corrected chi connectivity index (χ0v) is 4.05. The van der Waals surface area contributed by atoms with E-state index < -0.39 is 14.4 Å². The molecule has 1 N–H and O–H groups in total. The Labute approximate surface area is 40.4 Å². The SMILES string of the molecule is C=[N+]([O-])S(=O)(=O)O. The fourth-order valence-corrected chi connectivity index (χ4v) is 0. The molecule has 0 aromatic heterocycles. The fraction of sp³-hybridized carbons (Fsp3) is 0. The molecule has 0 aliphatic rings. The Morgan fingerprint density at radius 2 is 1.86 bits per heavy atom. The Bertz CT molecular complexity index is 166. The monoisotopic (exact) mass is 125 g/mol. The molecule has 0 heterocycles. The van der Waals surface area contributed by atoms with E-state index in [1.165, 1.54) is 0 Å². The van der Waals surface area contributed by atoms with Gasteiger partial charge in [-0.25, -0.2) is 4.55 Å². The lowest BCUT2D eigenvalue weighted by Gasteiger charge is -1.90. The average molecular weight is 125 g/mol. The van der Waals surface area contributed by atoms with Crippen molar-refractivity contribution >= 4 is 17.0 Å². The first-order valence-corrected chi connectivity index (χ1v) is 2.59. The van der Waals surface area contributed by atoms with Gasteiger partial charge in [0.15, 0.2) is 6.72 Å². The summed E-state index contributed by atoms with van der Waals surface area (Å²) in [6.45, 7) is 2.35. The predicted molar refractivity (Wildman–Crippen MR) is 22.3 cm³/mol. The lowest BCUT2D eigenvalue weighted by molar-refractivity contribution is -0.280. The van der Waals surface area contributed by atoms with Crippen molar-refractivity contribution in [2.75, 3.05) is 0 Å². The molecular formula is CH3NO4S. The summed E-state index contributed by atoms with van der Waals surface area (Å²) < 4.78 is 25.7. The van der Waals surface area contributed by atoms with Crippen molar-refractivity contribution in [3.63, 3.8) is 0 Å². The van der Waals surface area contributed by atoms with Gasteiger partial charge in [0, 0.05) is 0 Å². The second-order valence-electron chi connectivity index (χ2n) is 0.781. The van der Waals surface area contributed by atoms with Crippen LogP contribution in [-0.2, 0) is 10.3 Å². The van der Waals surface area contributed by atoms with E-state index in [9.17, 15) is 13.6 Å². The first-order chi connectivity index (χ1) is 2.94. The maximum atomic E-state index is 9.44. The first-order valence-electron chi connectivity index (χ1n) is 1.20. The summed E-state index contributed by atoms with van der Waals surface area (Å²) in [7, 11) is -4.57. The Hall–Kier alpha value is -0.620. The van der Waals surface area contributed by atoms with Crippen LogP contribution in [0.3, 0.4) is 0 Å². The standard InChI is InChI=1S/CH3NO4S/c1-2(3)7(4,5)6/h1H2,(H,4,5,6). The molecule has 0 aromatic rings. The van der Waals surface area contributed by atoms with Crippen LogP contribution >= 0.6 is 0 Å². The first kappa shape index (κ1) is 6.38. The maximum Gasteiger partial charge on any atom is 0.517 e. The summed E-state index contributed by atoms with van der Waals surface area (Å²) in [6, 6.07) is 0. The molecule has 0 saturated carbocycles. The second kappa shape index (κ2) is 1.47. The topological polar surface area (TPSA) is 80.4 Å². The van der Waals surface area contributed by atoms with Crippen molar-refractivity contribution < 1.29 is 17.1 Å². The summed E-state index contributed by atoms with van der Waals surface area (Å²) in [4.78, 5) is 0. The van der Waals surface area contributed by atoms with Crippen molar-refractivity contribution in [2.45, 2.75) is 0 Å². The third-order valence-corrected chi connectivity index (χ3v) is 0.772. The van der Waals surface area contributed by atoms with Crippen molar-refractivity contribution in [3.8, 4) is 0 Å². The average Bonchev–Trinajstić information content (AvgIpc) is 1.31. The van der Waals surface area contributed by atoms with Crippen LogP contribution < -0.4 is 0 Å². The van der Waals surface area contributed by atoms with Gasteiger partial charge in [0.2, 0.25) is 0 Å². The lowest BCUT2D eigenvalue weighted by Crippen LogP contribution is -2.10. The molecule has 6 heteroatoms. The number of hydrogen-bond donors (Lipinski definition) is 1. The fourth-order valence-electron chi connectivity index (χ4n) is 0. The van der Waals surface area contributed by atoms with Gasteiger partial charge in [0.05, 0.1) is 0 Å². The molecule has 0 bridgehead atoms. The van der Waals surface area contributed by atoms with E-state index in [1.807, 2.05) is 0 Å². The van der Waals surface area contributed by atoms with Gasteiger partial charge < -0.3 is 5.21 Å². The molecule has 42 valence electrons. The summed E-state index contributed by atoms with van der Waals surface area (Å²) in [6.07, 6.45) is 0. The highest BCUT2D eigenvalue weighted by atomic mass is 32.2. The van der Waals surface area contributed by atoms with E-state index in [0.717, 1.165) is 0 Å². The van der Waals surface area contributed by atoms with Crippen LogP contribution in [0.2, 0.25) is 0 Å². The zero-order chi connectivity index (χ0) is 6.08. The van der Waals surface area contributed by atoms with Gasteiger partial charge >= 0.3 is 10.3 Å². The molecule has 0 unspecified atom stereocenters. The smallest absolute Gasteiger partial charge is 0.517 e. The highest BCUT2D eigenvalue weighted by Crippen LogP contribution is 1.76. The minimum Gasteiger partial charge on any atom is -0.606 e. The van der Waals surface area contributed by atoms with Crippen molar-refractivity contribution in [3.05, 3.63) is 5.21 Å². The second-order valence-corrected chi connectivity index (χ2v) is 2.08. The molecule has 0 atom stereocenters. The quantitative estimate of drug-likeness (QED) is 0.160. The highest BCUT2D eigenvalue weighted by Gasteiger charge is 2.07. The lowest BCUT2D eigenvalue weighted by atomic mass is 11.8. The minimum absolute atomic E-state index is 0.785. The summed E-state index contributed by atoms with van der Waals surface area (Å²) >= 11 is 0. The molecule has 5 nitrogen and oxygen atoms in total. The van der Waals surface area contributed by atoms with Gasteiger partial charge in [-0.1, -0.05) is 4.14 Å². The number of nitrogens with zero attached hydrogens (tertiary/aromatic N) is 1. The Morgan fingerprint density at radius 1 is 1.71 bits per heavy atom. The number of rotatable bonds is 1. The van der Waals surface area contributed by atoms with Gasteiger partial charge in [0.25, 0.3) is 0 Å². The van der Waals surface area contributed by atoms with Gasteiger partial charge in [-0.05, 0) is 0 Å². The van der Waals surface area contributed by atoms with Gasteiger partial charge in [-0.15, -0.1) is 8.42 Å². The van der Waals surface area contributed by atoms with Crippen LogP contribution in [0.4, 0.5) is 0 Å². The Balaban J connectivity index is 4.43. The molecule has 0 rings (SSSR count). The summed E-state index contributed by atoms with van der Waals surface area (Å²) in [5, 5.41) is 9.43. The molecule has 0 fully saturated rings. The zero-order valence-electron chi connectivity index (χ0n) is 3.23. The Morgan fingerprint density at radius 3 is 1.86 bits per heavy atom. The van der Waals surface area contributed by atoms with Gasteiger partial charge in [-0.3, -0.25) is 0 Å². The molecule has 0 aliphatic carbocycles. The van der Waals surface area contributed by atoms with E-state index in [2.05, 4.69) is 6.72 Å². The molecule has 7 heavy (non-hydrogen) atoms. The minimum atomic E-state index is -4.57. The molecule has 0 radical (unpaired) electrons. The van der Waals surface area contributed by atoms with Crippen LogP contribution in [0, 0.1) is 5.21 Å². The maximum absolute atomic E-state index is 9.44. The largest absolute Gasteiger partial charge is 0.606 e. The van der Waals surface area contributed by atoms with Crippen LogP contribution in [0.25, 0.3) is 0 Å². The number of hydrogen-bond acceptors (Lipinski definition) is 3. The van der Waals surface area contributed by atoms with E-state index in [0.29, 0.717) is 0 Å². The van der Waals surface area contributed by atoms with E-state index in [-0.39, 0.29) is 0 Å². The van der Waals surface area contributed by atoms with Crippen LogP contribution in [0.1, 0.15) is 0 Å². The Kier molecular flexibility index (Phi) is 1.34. The molecule has 0 spiro atoms. The van der Waals surface area contributed by atoms with E-state index >= 15 is 0 Å². The van der Waals surface area contributed by atoms with E-state index in [4.69, 9.17) is 4.55 Å². The van der Waals surface area contributed by atoms with E-state index in [1.54, 1.807) is 0 Å². The molecule has 0 aliphatic heterocycles. The van der Waals surface area contributed by atoms with Gasteiger partial charge in [-0.2, -0.15) is 0 Å². The normalized spacial score (nSPS) is 11.0. The third kappa shape index (κ3) is 2.12. The molecule has 0 amide bonds. The predicted octanol–water partition coefficient (Wildman–Crippen LogP) is -1.000. The molecule has 0 saturated heterocycles. The van der Waals surface area contributed by atoms with Crippen molar-refractivity contribution in [2.24, 2.45) is 0 Å². The molecule has 0 aromatic carbocycles. The van der Waals surface area contributed by atoms with Crippen LogP contribution in [-0.4, -0.2) is 23.8 Å². The van der Waals surface area contributed by atoms with Crippen LogP contribution in [0.5, 0.6) is 0 Å². The van der Waals surface area contributed by atoms with Crippen molar-refractivity contribution in [1.29, 1.82) is 0 Å². The highest BCUT2D eigenvalue weighted by molar-refractivity contribution is 7.79. The third-order valence-electron chi connectivity index (χ3n) is 0.257. The molecular weight excluding hydrogens is 122 g/mol.